The van der Waals surface area contributed by atoms with Crippen molar-refractivity contribution in [3.8, 4) is 17.2 Å². The number of guanidine groups is 1. The van der Waals surface area contributed by atoms with E-state index in [2.05, 4.69) is 51.9 Å². The molecule has 0 bridgehead atoms. The Morgan fingerprint density at radius 3 is 2.37 bits per heavy atom. The number of rotatable bonds is 8. The van der Waals surface area contributed by atoms with Gasteiger partial charge in [-0.15, -0.1) is 0 Å². The van der Waals surface area contributed by atoms with E-state index in [0.29, 0.717) is 23.8 Å². The Balaban J connectivity index is 1.58. The second-order valence-corrected chi connectivity index (χ2v) is 7.00. The van der Waals surface area contributed by atoms with E-state index in [-0.39, 0.29) is 0 Å². The summed E-state index contributed by atoms with van der Waals surface area (Å²) in [6.45, 7) is 3.45. The Labute approximate surface area is 177 Å². The second-order valence-electron chi connectivity index (χ2n) is 7.00. The molecule has 0 amide bonds. The maximum absolute atomic E-state index is 5.42. The Kier molecular flexibility index (Phi) is 7.06. The van der Waals surface area contributed by atoms with Crippen LogP contribution in [0.4, 0.5) is 0 Å². The first-order valence-corrected chi connectivity index (χ1v) is 9.89. The van der Waals surface area contributed by atoms with Gasteiger partial charge >= 0.3 is 0 Å². The number of aromatic amines is 1. The van der Waals surface area contributed by atoms with E-state index in [1.807, 2.05) is 12.1 Å². The van der Waals surface area contributed by atoms with Crippen molar-refractivity contribution in [3.63, 3.8) is 0 Å². The smallest absolute Gasteiger partial charge is 0.203 e. The fourth-order valence-corrected chi connectivity index (χ4v) is 3.47. The number of nitrogens with zero attached hydrogens (tertiary/aromatic N) is 1. The summed E-state index contributed by atoms with van der Waals surface area (Å²) in [6.07, 6.45) is 2.98. The second kappa shape index (κ2) is 9.91. The lowest BCUT2D eigenvalue weighted by Gasteiger charge is -2.16. The van der Waals surface area contributed by atoms with Crippen LogP contribution in [-0.4, -0.2) is 45.9 Å². The van der Waals surface area contributed by atoms with E-state index < -0.39 is 0 Å². The van der Waals surface area contributed by atoms with E-state index >= 15 is 0 Å². The highest BCUT2D eigenvalue weighted by Gasteiger charge is 2.13. The average Bonchev–Trinajstić information content (AvgIpc) is 3.16. The number of hydrogen-bond donors (Lipinski definition) is 3. The first-order chi connectivity index (χ1) is 14.6. The number of benzene rings is 2. The van der Waals surface area contributed by atoms with Crippen LogP contribution in [0.5, 0.6) is 17.2 Å². The SMILES string of the molecule is CN=C(NCCc1c[nH]c2cc(C)ccc12)NCc1cc(OC)c(OC)c(OC)c1. The number of fused-ring (bicyclic) bond motifs is 1. The Hall–Kier alpha value is -3.35. The monoisotopic (exact) mass is 410 g/mol. The molecule has 0 aliphatic rings. The van der Waals surface area contributed by atoms with E-state index in [0.717, 1.165) is 24.5 Å². The van der Waals surface area contributed by atoms with Gasteiger partial charge in [0, 0.05) is 37.2 Å². The van der Waals surface area contributed by atoms with Crippen LogP contribution in [0.2, 0.25) is 0 Å². The standard InChI is InChI=1S/C23H30N4O3/c1-15-6-7-18-17(14-26-19(18)10-15)8-9-25-23(24-2)27-13-16-11-20(28-3)22(30-5)21(12-16)29-4/h6-7,10-12,14,26H,8-9,13H2,1-5H3,(H2,24,25,27). The van der Waals surface area contributed by atoms with Crippen LogP contribution in [0, 0.1) is 6.92 Å². The minimum Gasteiger partial charge on any atom is -0.493 e. The maximum Gasteiger partial charge on any atom is 0.203 e. The summed E-state index contributed by atoms with van der Waals surface area (Å²) in [4.78, 5) is 7.67. The topological polar surface area (TPSA) is 79.9 Å². The van der Waals surface area contributed by atoms with Gasteiger partial charge in [-0.1, -0.05) is 12.1 Å². The molecule has 1 aromatic heterocycles. The summed E-state index contributed by atoms with van der Waals surface area (Å²) in [5, 5.41) is 7.97. The zero-order valence-electron chi connectivity index (χ0n) is 18.3. The summed E-state index contributed by atoms with van der Waals surface area (Å²) < 4.78 is 16.2. The van der Waals surface area contributed by atoms with Crippen molar-refractivity contribution in [3.05, 3.63) is 53.2 Å². The van der Waals surface area contributed by atoms with Gasteiger partial charge in [-0.2, -0.15) is 0 Å². The van der Waals surface area contributed by atoms with Gasteiger partial charge in [0.05, 0.1) is 21.3 Å². The molecule has 30 heavy (non-hydrogen) atoms. The maximum atomic E-state index is 5.42. The first-order valence-electron chi connectivity index (χ1n) is 9.89. The third-order valence-corrected chi connectivity index (χ3v) is 5.02. The summed E-state index contributed by atoms with van der Waals surface area (Å²) in [5.74, 6) is 2.58. The van der Waals surface area contributed by atoms with Crippen LogP contribution in [0.25, 0.3) is 10.9 Å². The number of hydrogen-bond acceptors (Lipinski definition) is 4. The van der Waals surface area contributed by atoms with Crippen LogP contribution in [0.15, 0.2) is 41.5 Å². The molecule has 0 saturated carbocycles. The van der Waals surface area contributed by atoms with Crippen molar-refractivity contribution in [1.29, 1.82) is 0 Å². The molecule has 1 heterocycles. The minimum atomic E-state index is 0.572. The van der Waals surface area contributed by atoms with Crippen molar-refractivity contribution in [2.75, 3.05) is 34.9 Å². The molecule has 0 fully saturated rings. The molecule has 0 aliphatic heterocycles. The number of aromatic nitrogens is 1. The van der Waals surface area contributed by atoms with Gasteiger partial charge in [-0.05, 0) is 48.2 Å². The molecular weight excluding hydrogens is 380 g/mol. The predicted octanol–water partition coefficient (Wildman–Crippen LogP) is 3.41. The van der Waals surface area contributed by atoms with Gasteiger partial charge in [0.2, 0.25) is 5.75 Å². The number of aliphatic imine (C=N–C) groups is 1. The van der Waals surface area contributed by atoms with E-state index in [1.165, 1.54) is 22.0 Å². The summed E-state index contributed by atoms with van der Waals surface area (Å²) in [6, 6.07) is 10.3. The molecule has 0 atom stereocenters. The van der Waals surface area contributed by atoms with Crippen molar-refractivity contribution in [1.82, 2.24) is 15.6 Å². The van der Waals surface area contributed by atoms with Crippen molar-refractivity contribution < 1.29 is 14.2 Å². The largest absolute Gasteiger partial charge is 0.493 e. The molecule has 2 aromatic carbocycles. The van der Waals surface area contributed by atoms with E-state index in [1.54, 1.807) is 28.4 Å². The third kappa shape index (κ3) is 4.79. The van der Waals surface area contributed by atoms with Crippen LogP contribution in [0.1, 0.15) is 16.7 Å². The number of H-pyrrole nitrogens is 1. The molecule has 0 saturated heterocycles. The molecule has 3 rings (SSSR count). The number of nitrogens with one attached hydrogen (secondary N) is 3. The summed E-state index contributed by atoms with van der Waals surface area (Å²) in [5.41, 5.74) is 4.72. The molecule has 0 radical (unpaired) electrons. The quantitative estimate of drug-likeness (QED) is 0.392. The number of aryl methyl sites for hydroxylation is 1. The third-order valence-electron chi connectivity index (χ3n) is 5.02. The highest BCUT2D eigenvalue weighted by atomic mass is 16.5. The predicted molar refractivity (Wildman–Crippen MR) is 121 cm³/mol. The molecule has 7 nitrogen and oxygen atoms in total. The van der Waals surface area contributed by atoms with Crippen LogP contribution in [-0.2, 0) is 13.0 Å². The average molecular weight is 411 g/mol. The van der Waals surface area contributed by atoms with Gasteiger partial charge in [0.25, 0.3) is 0 Å². The fraction of sp³-hybridized carbons (Fsp3) is 0.348. The minimum absolute atomic E-state index is 0.572. The number of methoxy groups -OCH3 is 3. The number of ether oxygens (including phenoxy) is 3. The van der Waals surface area contributed by atoms with Crippen molar-refractivity contribution in [2.45, 2.75) is 19.9 Å². The molecule has 0 unspecified atom stereocenters. The van der Waals surface area contributed by atoms with Gasteiger partial charge in [-0.25, -0.2) is 0 Å². The molecule has 3 aromatic rings. The molecule has 3 N–H and O–H groups in total. The molecule has 7 heteroatoms. The Morgan fingerprint density at radius 2 is 1.73 bits per heavy atom. The molecular formula is C23H30N4O3. The summed E-state index contributed by atoms with van der Waals surface area (Å²) in [7, 11) is 6.58. The lowest BCUT2D eigenvalue weighted by molar-refractivity contribution is 0.323. The highest BCUT2D eigenvalue weighted by molar-refractivity contribution is 5.84. The molecule has 0 aliphatic carbocycles. The molecule has 0 spiro atoms. The summed E-state index contributed by atoms with van der Waals surface area (Å²) >= 11 is 0. The van der Waals surface area contributed by atoms with E-state index in [4.69, 9.17) is 14.2 Å². The van der Waals surface area contributed by atoms with Gasteiger partial charge in [0.15, 0.2) is 17.5 Å². The lowest BCUT2D eigenvalue weighted by atomic mass is 10.1. The zero-order chi connectivity index (χ0) is 21.5. The zero-order valence-corrected chi connectivity index (χ0v) is 18.3. The van der Waals surface area contributed by atoms with Crippen LogP contribution < -0.4 is 24.8 Å². The molecule has 160 valence electrons. The highest BCUT2D eigenvalue weighted by Crippen LogP contribution is 2.38. The lowest BCUT2D eigenvalue weighted by Crippen LogP contribution is -2.37. The van der Waals surface area contributed by atoms with Gasteiger partial charge < -0.3 is 29.8 Å². The van der Waals surface area contributed by atoms with Crippen LogP contribution >= 0.6 is 0 Å². The normalized spacial score (nSPS) is 11.4. The van der Waals surface area contributed by atoms with Gasteiger partial charge in [0.1, 0.15) is 0 Å². The van der Waals surface area contributed by atoms with E-state index in [9.17, 15) is 0 Å². The van der Waals surface area contributed by atoms with Crippen LogP contribution in [0.3, 0.4) is 0 Å². The fourth-order valence-electron chi connectivity index (χ4n) is 3.47. The van der Waals surface area contributed by atoms with Crippen molar-refractivity contribution >= 4 is 16.9 Å². The Bertz CT molecular complexity index is 1000. The first kappa shape index (κ1) is 21.4. The van der Waals surface area contributed by atoms with Gasteiger partial charge in [-0.3, -0.25) is 4.99 Å². The Morgan fingerprint density at radius 1 is 1.00 bits per heavy atom. The van der Waals surface area contributed by atoms with Crippen molar-refractivity contribution in [2.24, 2.45) is 4.99 Å².